The summed E-state index contributed by atoms with van der Waals surface area (Å²) in [5.74, 6) is 0.0445. The van der Waals surface area contributed by atoms with Crippen LogP contribution < -0.4 is 0 Å². The topological polar surface area (TPSA) is 52.6 Å². The molecule has 0 aromatic carbocycles. The molecule has 0 fully saturated rings. The van der Waals surface area contributed by atoms with Gasteiger partial charge in [0, 0.05) is 12.8 Å². The monoisotopic (exact) mass is 370 g/mol. The van der Waals surface area contributed by atoms with Gasteiger partial charge in [-0.1, -0.05) is 72.6 Å². The molecule has 0 saturated carbocycles. The van der Waals surface area contributed by atoms with Crippen LogP contribution in [-0.2, 0) is 19.1 Å². The molecule has 0 aliphatic carbocycles. The second-order valence-electron chi connectivity index (χ2n) is 7.58. The Morgan fingerprint density at radius 3 is 1.81 bits per heavy atom. The molecule has 0 heterocycles. The molecule has 1 unspecified atom stereocenters. The van der Waals surface area contributed by atoms with Crippen molar-refractivity contribution >= 4 is 11.9 Å². The Hall–Kier alpha value is -1.06. The van der Waals surface area contributed by atoms with Crippen molar-refractivity contribution in [3.8, 4) is 0 Å². The number of esters is 2. The zero-order chi connectivity index (χ0) is 19.6. The van der Waals surface area contributed by atoms with Crippen LogP contribution in [0.2, 0.25) is 0 Å². The van der Waals surface area contributed by atoms with Gasteiger partial charge in [-0.25, -0.2) is 0 Å². The highest BCUT2D eigenvalue weighted by atomic mass is 16.5. The minimum Gasteiger partial charge on any atom is -0.466 e. The van der Waals surface area contributed by atoms with E-state index in [4.69, 9.17) is 9.47 Å². The molecule has 0 aromatic heterocycles. The Bertz CT molecular complexity index is 352. The third-order valence-corrected chi connectivity index (χ3v) is 4.70. The van der Waals surface area contributed by atoms with Gasteiger partial charge in [0.2, 0.25) is 0 Å². The SMILES string of the molecule is CCCCCCCCCCOC(=O)CCCCC(=O)OC(CC)C(C)C. The maximum atomic E-state index is 11.8. The number of rotatable bonds is 17. The van der Waals surface area contributed by atoms with Crippen molar-refractivity contribution < 1.29 is 19.1 Å². The van der Waals surface area contributed by atoms with Crippen LogP contribution in [0.25, 0.3) is 0 Å². The third kappa shape index (κ3) is 15.2. The number of carbonyl (C=O) groups excluding carboxylic acids is 2. The number of carbonyl (C=O) groups is 2. The molecule has 154 valence electrons. The van der Waals surface area contributed by atoms with Gasteiger partial charge in [-0.05, 0) is 31.6 Å². The van der Waals surface area contributed by atoms with E-state index in [1.165, 1.54) is 38.5 Å². The summed E-state index contributed by atoms with van der Waals surface area (Å²) < 4.78 is 10.7. The van der Waals surface area contributed by atoms with Gasteiger partial charge in [0.25, 0.3) is 0 Å². The van der Waals surface area contributed by atoms with Crippen LogP contribution in [0.5, 0.6) is 0 Å². The maximum absolute atomic E-state index is 11.8. The fourth-order valence-electron chi connectivity index (χ4n) is 2.95. The zero-order valence-electron chi connectivity index (χ0n) is 17.7. The van der Waals surface area contributed by atoms with E-state index in [1.54, 1.807) is 0 Å². The molecular formula is C22H42O4. The maximum Gasteiger partial charge on any atom is 0.306 e. The minimum absolute atomic E-state index is 0.000824. The fraction of sp³-hybridized carbons (Fsp3) is 0.909. The first kappa shape index (κ1) is 24.9. The van der Waals surface area contributed by atoms with E-state index in [-0.39, 0.29) is 18.0 Å². The van der Waals surface area contributed by atoms with E-state index in [2.05, 4.69) is 20.8 Å². The summed E-state index contributed by atoms with van der Waals surface area (Å²) >= 11 is 0. The van der Waals surface area contributed by atoms with Gasteiger partial charge < -0.3 is 9.47 Å². The van der Waals surface area contributed by atoms with E-state index in [0.717, 1.165) is 19.3 Å². The lowest BCUT2D eigenvalue weighted by Gasteiger charge is -2.19. The highest BCUT2D eigenvalue weighted by Gasteiger charge is 2.16. The quantitative estimate of drug-likeness (QED) is 0.226. The van der Waals surface area contributed by atoms with E-state index >= 15 is 0 Å². The summed E-state index contributed by atoms with van der Waals surface area (Å²) in [6.45, 7) is 8.91. The molecule has 4 nitrogen and oxygen atoms in total. The lowest BCUT2D eigenvalue weighted by molar-refractivity contribution is -0.152. The van der Waals surface area contributed by atoms with Crippen molar-refractivity contribution in [3.63, 3.8) is 0 Å². The molecule has 0 amide bonds. The molecule has 0 aromatic rings. The van der Waals surface area contributed by atoms with Crippen LogP contribution in [0.1, 0.15) is 111 Å². The first-order valence-corrected chi connectivity index (χ1v) is 10.9. The molecule has 0 bridgehead atoms. The molecule has 0 rings (SSSR count). The highest BCUT2D eigenvalue weighted by molar-refractivity contribution is 5.70. The predicted octanol–water partition coefficient (Wildman–Crippen LogP) is 6.21. The number of ether oxygens (including phenoxy) is 2. The van der Waals surface area contributed by atoms with Crippen molar-refractivity contribution in [1.82, 2.24) is 0 Å². The van der Waals surface area contributed by atoms with E-state index in [9.17, 15) is 9.59 Å². The Kier molecular flexibility index (Phi) is 16.7. The Balaban J connectivity index is 3.48. The van der Waals surface area contributed by atoms with Crippen LogP contribution in [0.4, 0.5) is 0 Å². The second-order valence-corrected chi connectivity index (χ2v) is 7.58. The van der Waals surface area contributed by atoms with Crippen LogP contribution in [0, 0.1) is 5.92 Å². The summed E-state index contributed by atoms with van der Waals surface area (Å²) in [5, 5.41) is 0. The predicted molar refractivity (Wildman–Crippen MR) is 107 cm³/mol. The zero-order valence-corrected chi connectivity index (χ0v) is 17.7. The minimum atomic E-state index is -0.155. The molecule has 0 N–H and O–H groups in total. The van der Waals surface area contributed by atoms with Crippen molar-refractivity contribution in [2.45, 2.75) is 117 Å². The second kappa shape index (κ2) is 17.4. The van der Waals surface area contributed by atoms with Crippen molar-refractivity contribution in [2.24, 2.45) is 5.92 Å². The average Bonchev–Trinajstić information content (AvgIpc) is 2.61. The standard InChI is InChI=1S/C22H42O4/c1-5-7-8-9-10-11-12-15-18-25-21(23)16-13-14-17-22(24)26-20(6-2)19(3)4/h19-20H,5-18H2,1-4H3. The largest absolute Gasteiger partial charge is 0.466 e. The third-order valence-electron chi connectivity index (χ3n) is 4.70. The summed E-state index contributed by atoms with van der Waals surface area (Å²) in [5.41, 5.74) is 0. The molecular weight excluding hydrogens is 328 g/mol. The molecule has 4 heteroatoms. The van der Waals surface area contributed by atoms with Crippen molar-refractivity contribution in [3.05, 3.63) is 0 Å². The van der Waals surface area contributed by atoms with Gasteiger partial charge in [-0.2, -0.15) is 0 Å². The lowest BCUT2D eigenvalue weighted by atomic mass is 10.1. The molecule has 0 radical (unpaired) electrons. The molecule has 0 aliphatic heterocycles. The fourth-order valence-corrected chi connectivity index (χ4v) is 2.95. The first-order valence-electron chi connectivity index (χ1n) is 10.9. The van der Waals surface area contributed by atoms with Crippen molar-refractivity contribution in [1.29, 1.82) is 0 Å². The van der Waals surface area contributed by atoms with E-state index < -0.39 is 0 Å². The first-order chi connectivity index (χ1) is 12.5. The van der Waals surface area contributed by atoms with Gasteiger partial charge in [-0.15, -0.1) is 0 Å². The normalized spacial score (nSPS) is 12.2. The van der Waals surface area contributed by atoms with Crippen molar-refractivity contribution in [2.75, 3.05) is 6.61 Å². The van der Waals surface area contributed by atoms with Gasteiger partial charge in [0.1, 0.15) is 6.10 Å². The highest BCUT2D eigenvalue weighted by Crippen LogP contribution is 2.13. The summed E-state index contributed by atoms with van der Waals surface area (Å²) in [4.78, 5) is 23.4. The summed E-state index contributed by atoms with van der Waals surface area (Å²) in [6, 6.07) is 0. The Morgan fingerprint density at radius 2 is 1.27 bits per heavy atom. The molecule has 1 atom stereocenters. The van der Waals surface area contributed by atoms with Gasteiger partial charge in [-0.3, -0.25) is 9.59 Å². The summed E-state index contributed by atoms with van der Waals surface area (Å²) in [6.07, 6.45) is 12.9. The molecule has 0 aliphatic rings. The van der Waals surface area contributed by atoms with Crippen LogP contribution in [-0.4, -0.2) is 24.6 Å². The van der Waals surface area contributed by atoms with E-state index in [1.807, 2.05) is 6.92 Å². The van der Waals surface area contributed by atoms with Crippen LogP contribution in [0.15, 0.2) is 0 Å². The van der Waals surface area contributed by atoms with Crippen LogP contribution >= 0.6 is 0 Å². The smallest absolute Gasteiger partial charge is 0.306 e. The molecule has 0 saturated heterocycles. The molecule has 26 heavy (non-hydrogen) atoms. The van der Waals surface area contributed by atoms with Gasteiger partial charge in [0.15, 0.2) is 0 Å². The van der Waals surface area contributed by atoms with Gasteiger partial charge in [0.05, 0.1) is 6.61 Å². The lowest BCUT2D eigenvalue weighted by Crippen LogP contribution is -2.22. The average molecular weight is 371 g/mol. The van der Waals surface area contributed by atoms with Gasteiger partial charge >= 0.3 is 11.9 Å². The number of unbranched alkanes of at least 4 members (excludes halogenated alkanes) is 8. The summed E-state index contributed by atoms with van der Waals surface area (Å²) in [7, 11) is 0. The Morgan fingerprint density at radius 1 is 0.731 bits per heavy atom. The number of hydrogen-bond acceptors (Lipinski definition) is 4. The Labute approximate surface area is 161 Å². The number of hydrogen-bond donors (Lipinski definition) is 0. The van der Waals surface area contributed by atoms with E-state index in [0.29, 0.717) is 38.2 Å². The van der Waals surface area contributed by atoms with Crippen LogP contribution in [0.3, 0.4) is 0 Å². The molecule has 0 spiro atoms.